The van der Waals surface area contributed by atoms with E-state index in [-0.39, 0.29) is 0 Å². The Hall–Kier alpha value is -2.58. The maximum atomic E-state index is 12.5. The zero-order chi connectivity index (χ0) is 19.1. The summed E-state index contributed by atoms with van der Waals surface area (Å²) in [6.07, 6.45) is 2.83. The van der Waals surface area contributed by atoms with Crippen LogP contribution in [0.3, 0.4) is 0 Å². The van der Waals surface area contributed by atoms with Crippen LogP contribution in [-0.4, -0.2) is 75.3 Å². The smallest absolute Gasteiger partial charge is 0.329 e. The van der Waals surface area contributed by atoms with Gasteiger partial charge >= 0.3 is 5.97 Å². The van der Waals surface area contributed by atoms with Gasteiger partial charge in [-0.15, -0.1) is 0 Å². The summed E-state index contributed by atoms with van der Waals surface area (Å²) >= 11 is 0. The van der Waals surface area contributed by atoms with Crippen LogP contribution in [0.2, 0.25) is 0 Å². The quantitative estimate of drug-likeness (QED) is 0.513. The van der Waals surface area contributed by atoms with Crippen LogP contribution in [0.15, 0.2) is 18.2 Å². The van der Waals surface area contributed by atoms with E-state index in [1.54, 1.807) is 23.1 Å². The van der Waals surface area contributed by atoms with Crippen molar-refractivity contribution in [3.05, 3.63) is 23.8 Å². The minimum absolute atomic E-state index is 0.447. The van der Waals surface area contributed by atoms with E-state index in [4.69, 9.17) is 14.2 Å². The molecular formula is C18H24N2O6. The lowest BCUT2D eigenvalue weighted by Crippen LogP contribution is -2.54. The van der Waals surface area contributed by atoms with Gasteiger partial charge in [0, 0.05) is 26.2 Å². The third-order valence-electron chi connectivity index (χ3n) is 4.15. The Morgan fingerprint density at radius 2 is 1.69 bits per heavy atom. The first-order chi connectivity index (χ1) is 12.5. The van der Waals surface area contributed by atoms with Crippen molar-refractivity contribution in [2.45, 2.75) is 6.04 Å². The average molecular weight is 364 g/mol. The van der Waals surface area contributed by atoms with Crippen LogP contribution in [-0.2, 0) is 9.59 Å². The summed E-state index contributed by atoms with van der Waals surface area (Å²) in [6.45, 7) is 2.35. The number of carboxylic acid groups (broad SMARTS) is 1. The number of nitrogens with zero attached hydrogens (tertiary/aromatic N) is 1. The minimum Gasteiger partial charge on any atom is -0.493 e. The Labute approximate surface area is 152 Å². The zero-order valence-corrected chi connectivity index (χ0v) is 15.2. The van der Waals surface area contributed by atoms with Gasteiger partial charge in [0.05, 0.1) is 21.3 Å². The molecule has 1 aromatic rings. The van der Waals surface area contributed by atoms with Gasteiger partial charge in [0.25, 0.3) is 0 Å². The number of benzene rings is 1. The van der Waals surface area contributed by atoms with Crippen LogP contribution in [0.25, 0.3) is 6.08 Å². The SMILES string of the molecule is COc1cc(C=CC(=O)C(C(=O)O)N2CCNCC2)cc(OC)c1OC. The highest BCUT2D eigenvalue weighted by atomic mass is 16.5. The first-order valence-electron chi connectivity index (χ1n) is 8.21. The molecule has 1 heterocycles. The highest BCUT2D eigenvalue weighted by Gasteiger charge is 2.31. The second kappa shape index (κ2) is 9.21. The van der Waals surface area contributed by atoms with Crippen molar-refractivity contribution in [1.82, 2.24) is 10.2 Å². The van der Waals surface area contributed by atoms with Crippen molar-refractivity contribution in [3.63, 3.8) is 0 Å². The summed E-state index contributed by atoms with van der Waals surface area (Å²) in [5.74, 6) is -0.269. The Bertz CT molecular complexity index is 657. The van der Waals surface area contributed by atoms with E-state index in [9.17, 15) is 14.7 Å². The van der Waals surface area contributed by atoms with Gasteiger partial charge in [-0.3, -0.25) is 14.5 Å². The Morgan fingerprint density at radius 3 is 2.15 bits per heavy atom. The number of ether oxygens (including phenoxy) is 3. The zero-order valence-electron chi connectivity index (χ0n) is 15.2. The highest BCUT2D eigenvalue weighted by molar-refractivity contribution is 6.09. The van der Waals surface area contributed by atoms with Gasteiger partial charge in [-0.1, -0.05) is 6.08 Å². The van der Waals surface area contributed by atoms with Crippen LogP contribution >= 0.6 is 0 Å². The Balaban J connectivity index is 2.23. The molecule has 26 heavy (non-hydrogen) atoms. The lowest BCUT2D eigenvalue weighted by Gasteiger charge is -2.30. The molecule has 2 N–H and O–H groups in total. The number of carbonyl (C=O) groups is 2. The van der Waals surface area contributed by atoms with Crippen molar-refractivity contribution in [1.29, 1.82) is 0 Å². The van der Waals surface area contributed by atoms with Crippen molar-refractivity contribution >= 4 is 17.8 Å². The molecule has 1 aromatic carbocycles. The summed E-state index contributed by atoms with van der Waals surface area (Å²) < 4.78 is 15.8. The van der Waals surface area contributed by atoms with Crippen LogP contribution < -0.4 is 19.5 Å². The van der Waals surface area contributed by atoms with E-state index in [1.165, 1.54) is 27.4 Å². The maximum Gasteiger partial charge on any atom is 0.329 e. The van der Waals surface area contributed by atoms with E-state index < -0.39 is 17.8 Å². The number of carbonyl (C=O) groups excluding carboxylic acids is 1. The minimum atomic E-state index is -1.18. The molecule has 1 aliphatic heterocycles. The monoisotopic (exact) mass is 364 g/mol. The van der Waals surface area contributed by atoms with E-state index >= 15 is 0 Å². The number of methoxy groups -OCH3 is 3. The first-order valence-corrected chi connectivity index (χ1v) is 8.21. The van der Waals surface area contributed by atoms with E-state index in [0.717, 1.165) is 0 Å². The van der Waals surface area contributed by atoms with Crippen molar-refractivity contribution in [3.8, 4) is 17.2 Å². The summed E-state index contributed by atoms with van der Waals surface area (Å²) in [7, 11) is 4.51. The molecule has 0 bridgehead atoms. The number of piperazine rings is 1. The van der Waals surface area contributed by atoms with Crippen LogP contribution in [0.1, 0.15) is 5.56 Å². The number of carboxylic acids is 1. The summed E-state index contributed by atoms with van der Waals surface area (Å²) in [5, 5.41) is 12.6. The van der Waals surface area contributed by atoms with Gasteiger partial charge < -0.3 is 24.6 Å². The fourth-order valence-corrected chi connectivity index (χ4v) is 2.87. The van der Waals surface area contributed by atoms with Gasteiger partial charge in [0.1, 0.15) is 0 Å². The number of aliphatic carboxylic acids is 1. The molecule has 0 spiro atoms. The van der Waals surface area contributed by atoms with Gasteiger partial charge in [0.15, 0.2) is 23.3 Å². The Morgan fingerprint density at radius 1 is 1.12 bits per heavy atom. The third-order valence-corrected chi connectivity index (χ3v) is 4.15. The number of nitrogens with one attached hydrogen (secondary N) is 1. The van der Waals surface area contributed by atoms with E-state index in [0.29, 0.717) is 49.0 Å². The van der Waals surface area contributed by atoms with Gasteiger partial charge in [-0.05, 0) is 23.8 Å². The van der Waals surface area contributed by atoms with Crippen molar-refractivity contribution in [2.24, 2.45) is 0 Å². The molecule has 0 saturated carbocycles. The molecule has 1 saturated heterocycles. The third kappa shape index (κ3) is 4.53. The second-order valence-corrected chi connectivity index (χ2v) is 5.72. The molecule has 0 aliphatic carbocycles. The summed E-state index contributed by atoms with van der Waals surface area (Å²) in [4.78, 5) is 25.7. The number of ketones is 1. The maximum absolute atomic E-state index is 12.5. The predicted molar refractivity (Wildman–Crippen MR) is 96.0 cm³/mol. The largest absolute Gasteiger partial charge is 0.493 e. The molecular weight excluding hydrogens is 340 g/mol. The lowest BCUT2D eigenvalue weighted by molar-refractivity contribution is -0.147. The van der Waals surface area contributed by atoms with Crippen molar-refractivity contribution < 1.29 is 28.9 Å². The normalized spacial score (nSPS) is 16.3. The molecule has 1 atom stereocenters. The molecule has 1 aliphatic rings. The molecule has 0 aromatic heterocycles. The Kier molecular flexibility index (Phi) is 6.99. The van der Waals surface area contributed by atoms with Gasteiger partial charge in [-0.25, -0.2) is 0 Å². The first kappa shape index (κ1) is 19.7. The molecule has 2 rings (SSSR count). The molecule has 8 nitrogen and oxygen atoms in total. The van der Waals surface area contributed by atoms with Crippen LogP contribution in [0.4, 0.5) is 0 Å². The molecule has 142 valence electrons. The van der Waals surface area contributed by atoms with Crippen LogP contribution in [0.5, 0.6) is 17.2 Å². The van der Waals surface area contributed by atoms with Gasteiger partial charge in [0.2, 0.25) is 5.75 Å². The fraction of sp³-hybridized carbons (Fsp3) is 0.444. The number of rotatable bonds is 8. The summed E-state index contributed by atoms with van der Waals surface area (Å²) in [5.41, 5.74) is 0.636. The molecule has 1 fully saturated rings. The highest BCUT2D eigenvalue weighted by Crippen LogP contribution is 2.38. The molecule has 8 heteroatoms. The van der Waals surface area contributed by atoms with Gasteiger partial charge in [-0.2, -0.15) is 0 Å². The number of hydrogen-bond acceptors (Lipinski definition) is 7. The molecule has 0 amide bonds. The fourth-order valence-electron chi connectivity index (χ4n) is 2.87. The molecule has 0 radical (unpaired) electrons. The number of hydrogen-bond donors (Lipinski definition) is 2. The lowest BCUT2D eigenvalue weighted by atomic mass is 10.1. The summed E-state index contributed by atoms with van der Waals surface area (Å²) in [6, 6.07) is 2.19. The average Bonchev–Trinajstić information content (AvgIpc) is 2.66. The standard InChI is InChI=1S/C18H24N2O6/c1-24-14-10-12(11-15(25-2)17(14)26-3)4-5-13(21)16(18(22)23)20-8-6-19-7-9-20/h4-5,10-11,16,19H,6-9H2,1-3H3,(H,22,23). The molecule has 1 unspecified atom stereocenters. The van der Waals surface area contributed by atoms with E-state index in [2.05, 4.69) is 5.32 Å². The predicted octanol–water partition coefficient (Wildman–Crippen LogP) is 0.653. The van der Waals surface area contributed by atoms with Crippen molar-refractivity contribution in [2.75, 3.05) is 47.5 Å². The second-order valence-electron chi connectivity index (χ2n) is 5.72. The van der Waals surface area contributed by atoms with Crippen LogP contribution in [0, 0.1) is 0 Å². The van der Waals surface area contributed by atoms with E-state index in [1.807, 2.05) is 0 Å². The topological polar surface area (TPSA) is 97.3 Å².